The summed E-state index contributed by atoms with van der Waals surface area (Å²) in [6.45, 7) is 6.19. The summed E-state index contributed by atoms with van der Waals surface area (Å²) in [6.07, 6.45) is 0. The van der Waals surface area contributed by atoms with E-state index in [2.05, 4.69) is 32.4 Å². The number of hydroxylamine groups is 1. The van der Waals surface area contributed by atoms with Crippen LogP contribution in [0.3, 0.4) is 0 Å². The van der Waals surface area contributed by atoms with Crippen molar-refractivity contribution in [3.63, 3.8) is 0 Å². The minimum Gasteiger partial charge on any atom is -0.491 e. The third-order valence-corrected chi connectivity index (χ3v) is 4.95. The van der Waals surface area contributed by atoms with Crippen LogP contribution >= 0.6 is 24.4 Å². The molecule has 0 aromatic heterocycles. The smallest absolute Gasteiger partial charge is 0.272 e. The number of allylic oxidation sites excluding steroid dienone is 1. The summed E-state index contributed by atoms with van der Waals surface area (Å²) < 4.78 is 8.37. The van der Waals surface area contributed by atoms with Gasteiger partial charge in [-0.3, -0.25) is 25.2 Å². The van der Waals surface area contributed by atoms with E-state index in [-0.39, 0.29) is 31.0 Å². The third-order valence-electron chi connectivity index (χ3n) is 4.38. The van der Waals surface area contributed by atoms with E-state index < -0.39 is 5.91 Å². The van der Waals surface area contributed by atoms with Crippen molar-refractivity contribution in [3.05, 3.63) is 53.5 Å². The molecule has 1 aromatic carbocycles. The lowest BCUT2D eigenvalue weighted by Crippen LogP contribution is -2.61. The van der Waals surface area contributed by atoms with Crippen LogP contribution in [-0.4, -0.2) is 49.5 Å². The molecule has 2 atom stereocenters. The fraction of sp³-hybridized carbons (Fsp3) is 0.316. The SMILES string of the molecule is C=C1N[C@@H](C)[C@@H]1NC(=O)/C(NOCCOc1ccc(C(N)=NC)cc1)=C(\C=S)NSN. The van der Waals surface area contributed by atoms with Gasteiger partial charge in [0.25, 0.3) is 5.91 Å². The van der Waals surface area contributed by atoms with Crippen molar-refractivity contribution in [2.45, 2.75) is 19.0 Å². The van der Waals surface area contributed by atoms with Gasteiger partial charge in [0.15, 0.2) is 5.70 Å². The maximum atomic E-state index is 12.7. The largest absolute Gasteiger partial charge is 0.491 e. The zero-order chi connectivity index (χ0) is 22.8. The van der Waals surface area contributed by atoms with Crippen LogP contribution in [0.2, 0.25) is 0 Å². The van der Waals surface area contributed by atoms with Crippen molar-refractivity contribution in [2.24, 2.45) is 15.9 Å². The molecule has 1 saturated heterocycles. The molecule has 12 heteroatoms. The van der Waals surface area contributed by atoms with E-state index in [1.807, 2.05) is 19.1 Å². The van der Waals surface area contributed by atoms with E-state index in [1.165, 1.54) is 5.37 Å². The normalized spacial score (nSPS) is 18.8. The van der Waals surface area contributed by atoms with Gasteiger partial charge in [0, 0.05) is 41.9 Å². The number of thiocarbonyl (C=S) groups is 1. The van der Waals surface area contributed by atoms with E-state index in [0.29, 0.717) is 17.3 Å². The Bertz CT molecular complexity index is 859. The number of nitrogens with two attached hydrogens (primary N) is 2. The van der Waals surface area contributed by atoms with Crippen LogP contribution in [0.5, 0.6) is 5.75 Å². The topological polar surface area (TPSA) is 148 Å². The minimum absolute atomic E-state index is 0.0742. The highest BCUT2D eigenvalue weighted by molar-refractivity contribution is 7.95. The lowest BCUT2D eigenvalue weighted by Gasteiger charge is -2.39. The fourth-order valence-electron chi connectivity index (χ4n) is 2.69. The molecule has 0 spiro atoms. The zero-order valence-corrected chi connectivity index (χ0v) is 18.9. The maximum absolute atomic E-state index is 12.7. The van der Waals surface area contributed by atoms with Gasteiger partial charge in [-0.1, -0.05) is 18.8 Å². The molecule has 10 nitrogen and oxygen atoms in total. The van der Waals surface area contributed by atoms with Crippen molar-refractivity contribution >= 4 is 41.5 Å². The number of aliphatic imine (C=N–C) groups is 1. The second-order valence-electron chi connectivity index (χ2n) is 6.47. The molecule has 0 aliphatic carbocycles. The van der Waals surface area contributed by atoms with Crippen molar-refractivity contribution in [1.82, 2.24) is 20.8 Å². The van der Waals surface area contributed by atoms with E-state index in [1.54, 1.807) is 19.2 Å². The Labute approximate surface area is 191 Å². The molecule has 1 fully saturated rings. The summed E-state index contributed by atoms with van der Waals surface area (Å²) >= 11 is 5.79. The minimum atomic E-state index is -0.413. The highest BCUT2D eigenvalue weighted by Gasteiger charge is 2.32. The molecule has 168 valence electrons. The molecule has 0 unspecified atom stereocenters. The number of nitrogens with one attached hydrogen (secondary N) is 4. The summed E-state index contributed by atoms with van der Waals surface area (Å²) in [7, 11) is 1.63. The lowest BCUT2D eigenvalue weighted by molar-refractivity contribution is -0.120. The van der Waals surface area contributed by atoms with E-state index in [0.717, 1.165) is 23.4 Å². The van der Waals surface area contributed by atoms with Crippen LogP contribution in [0.1, 0.15) is 12.5 Å². The molecule has 1 aliphatic heterocycles. The number of amidine groups is 1. The first kappa shape index (κ1) is 24.5. The Kier molecular flexibility index (Phi) is 9.59. The molecule has 2 rings (SSSR count). The first-order valence-corrected chi connectivity index (χ1v) is 10.7. The molecule has 0 radical (unpaired) electrons. The Morgan fingerprint density at radius 2 is 2.10 bits per heavy atom. The predicted octanol–water partition coefficient (Wildman–Crippen LogP) is 0.235. The second kappa shape index (κ2) is 12.2. The molecule has 1 amide bonds. The quantitative estimate of drug-likeness (QED) is 0.0482. The summed E-state index contributed by atoms with van der Waals surface area (Å²) in [6, 6.07) is 7.08. The molecule has 1 heterocycles. The molecule has 31 heavy (non-hydrogen) atoms. The first-order chi connectivity index (χ1) is 14.9. The van der Waals surface area contributed by atoms with Crippen LogP contribution in [0.4, 0.5) is 0 Å². The molecule has 8 N–H and O–H groups in total. The van der Waals surface area contributed by atoms with Gasteiger partial charge in [-0.05, 0) is 31.2 Å². The summed E-state index contributed by atoms with van der Waals surface area (Å²) in [5, 5.41) is 12.7. The van der Waals surface area contributed by atoms with Gasteiger partial charge in [-0.25, -0.2) is 0 Å². The predicted molar refractivity (Wildman–Crippen MR) is 127 cm³/mol. The summed E-state index contributed by atoms with van der Waals surface area (Å²) in [4.78, 5) is 22.1. The number of rotatable bonds is 12. The van der Waals surface area contributed by atoms with Crippen LogP contribution in [-0.2, 0) is 9.63 Å². The van der Waals surface area contributed by atoms with Gasteiger partial charge < -0.3 is 25.8 Å². The van der Waals surface area contributed by atoms with Crippen LogP contribution < -0.4 is 36.4 Å². The molecular weight excluding hydrogens is 438 g/mol. The number of nitrogens with zero attached hydrogens (tertiary/aromatic N) is 1. The van der Waals surface area contributed by atoms with Crippen molar-refractivity contribution in [2.75, 3.05) is 20.3 Å². The number of hydrogen-bond acceptors (Lipinski definition) is 10. The van der Waals surface area contributed by atoms with Gasteiger partial charge in [0.05, 0.1) is 11.7 Å². The van der Waals surface area contributed by atoms with Crippen molar-refractivity contribution in [3.8, 4) is 5.75 Å². The number of benzene rings is 1. The van der Waals surface area contributed by atoms with Gasteiger partial charge >= 0.3 is 0 Å². The van der Waals surface area contributed by atoms with Crippen LogP contribution in [0, 0.1) is 0 Å². The van der Waals surface area contributed by atoms with Gasteiger partial charge in [-0.2, -0.15) is 0 Å². The van der Waals surface area contributed by atoms with Gasteiger partial charge in [0.1, 0.15) is 24.8 Å². The molecule has 0 saturated carbocycles. The van der Waals surface area contributed by atoms with Crippen LogP contribution in [0.15, 0.2) is 52.9 Å². The third kappa shape index (κ3) is 6.85. The average molecular weight is 466 g/mol. The number of amides is 1. The van der Waals surface area contributed by atoms with Crippen molar-refractivity contribution in [1.29, 1.82) is 0 Å². The number of carbonyl (C=O) groups is 1. The lowest BCUT2D eigenvalue weighted by atomic mass is 9.98. The first-order valence-electron chi connectivity index (χ1n) is 9.32. The standard InChI is InChI=1S/C19H27N7O3S2/c1-11-16(12(2)23-11)24-19(27)17(15(10-30)26-31-21)25-29-9-8-28-14-6-4-13(5-7-14)18(20)22-3/h4-7,10,12,16,23,25-26H,1,8-9,21H2,2-3H3,(H2,20,22)(H,24,27)/b17-15-/t12-,16+/m0/s1. The maximum Gasteiger partial charge on any atom is 0.272 e. The Balaban J connectivity index is 1.89. The highest BCUT2D eigenvalue weighted by Crippen LogP contribution is 2.15. The Morgan fingerprint density at radius 3 is 2.65 bits per heavy atom. The Hall–Kier alpha value is -2.80. The average Bonchev–Trinajstić information content (AvgIpc) is 2.78. The molecule has 0 bridgehead atoms. The van der Waals surface area contributed by atoms with Gasteiger partial charge in [-0.15, -0.1) is 0 Å². The van der Waals surface area contributed by atoms with E-state index in [4.69, 9.17) is 32.7 Å². The van der Waals surface area contributed by atoms with Gasteiger partial charge in [0.2, 0.25) is 0 Å². The zero-order valence-electron chi connectivity index (χ0n) is 17.3. The Morgan fingerprint density at radius 1 is 1.39 bits per heavy atom. The second-order valence-corrected chi connectivity index (χ2v) is 7.14. The highest BCUT2D eigenvalue weighted by atomic mass is 32.2. The molecule has 1 aliphatic rings. The number of carbonyl (C=O) groups excluding carboxylic acids is 1. The fourth-order valence-corrected chi connectivity index (χ4v) is 3.23. The molecule has 1 aromatic rings. The number of hydrogen-bond donors (Lipinski definition) is 6. The summed E-state index contributed by atoms with van der Waals surface area (Å²) in [5.41, 5.74) is 10.3. The van der Waals surface area contributed by atoms with Crippen molar-refractivity contribution < 1.29 is 14.4 Å². The van der Waals surface area contributed by atoms with E-state index in [9.17, 15) is 4.79 Å². The monoisotopic (exact) mass is 465 g/mol. The molecular formula is C19H27N7O3S2. The van der Waals surface area contributed by atoms with Crippen LogP contribution in [0.25, 0.3) is 0 Å². The number of ether oxygens (including phenoxy) is 1. The summed E-state index contributed by atoms with van der Waals surface area (Å²) in [5.74, 6) is 0.685. The van der Waals surface area contributed by atoms with E-state index >= 15 is 0 Å².